The number of methoxy groups -OCH3 is 1. The van der Waals surface area contributed by atoms with Crippen molar-refractivity contribution in [1.29, 1.82) is 0 Å². The van der Waals surface area contributed by atoms with Gasteiger partial charge in [0.15, 0.2) is 0 Å². The van der Waals surface area contributed by atoms with E-state index in [0.717, 1.165) is 15.6 Å². The fraction of sp³-hybridized carbons (Fsp3) is 0.350. The Morgan fingerprint density at radius 1 is 0.964 bits per heavy atom. The lowest BCUT2D eigenvalue weighted by Gasteiger charge is -2.22. The van der Waals surface area contributed by atoms with E-state index in [1.807, 2.05) is 31.2 Å². The van der Waals surface area contributed by atoms with Gasteiger partial charge in [-0.1, -0.05) is 12.1 Å². The third-order valence-electron chi connectivity index (χ3n) is 4.21. The van der Waals surface area contributed by atoms with Crippen molar-refractivity contribution in [3.05, 3.63) is 54.1 Å². The maximum Gasteiger partial charge on any atom is 0.243 e. The molecule has 0 spiro atoms. The quantitative estimate of drug-likeness (QED) is 0.639. The summed E-state index contributed by atoms with van der Waals surface area (Å²) >= 11 is 0. The van der Waals surface area contributed by atoms with Gasteiger partial charge in [-0.15, -0.1) is 0 Å². The van der Waals surface area contributed by atoms with Gasteiger partial charge in [-0.25, -0.2) is 8.42 Å². The van der Waals surface area contributed by atoms with E-state index in [2.05, 4.69) is 0 Å². The van der Waals surface area contributed by atoms with Crippen molar-refractivity contribution in [1.82, 2.24) is 9.21 Å². The molecule has 2 aromatic carbocycles. The van der Waals surface area contributed by atoms with Crippen LogP contribution in [-0.4, -0.2) is 57.9 Å². The van der Waals surface area contributed by atoms with Gasteiger partial charge in [0, 0.05) is 20.6 Å². The molecule has 28 heavy (non-hydrogen) atoms. The number of likely N-dealkylation sites (N-methyl/N-ethyl adjacent to an activating group) is 2. The van der Waals surface area contributed by atoms with Crippen LogP contribution >= 0.6 is 0 Å². The summed E-state index contributed by atoms with van der Waals surface area (Å²) in [5.41, 5.74) is 0.925. The molecule has 0 bridgehead atoms. The number of carbonyl (C=O) groups is 1. The first-order valence-corrected chi connectivity index (χ1v) is 10.3. The summed E-state index contributed by atoms with van der Waals surface area (Å²) in [5, 5.41) is 0. The lowest BCUT2D eigenvalue weighted by Crippen LogP contribution is -2.39. The Morgan fingerprint density at radius 2 is 1.54 bits per heavy atom. The van der Waals surface area contributed by atoms with Gasteiger partial charge in [-0.05, 0) is 48.9 Å². The van der Waals surface area contributed by atoms with Crippen LogP contribution in [0.25, 0.3) is 0 Å². The Hall–Kier alpha value is -2.58. The molecule has 0 saturated heterocycles. The summed E-state index contributed by atoms with van der Waals surface area (Å²) in [6.07, 6.45) is 0. The fourth-order valence-electron chi connectivity index (χ4n) is 2.54. The van der Waals surface area contributed by atoms with Crippen LogP contribution in [0.5, 0.6) is 11.5 Å². The van der Waals surface area contributed by atoms with Gasteiger partial charge >= 0.3 is 0 Å². The van der Waals surface area contributed by atoms with Crippen molar-refractivity contribution in [2.45, 2.75) is 18.4 Å². The standard InChI is InChI=1S/C20H26N2O5S/c1-5-27-18-10-12-19(13-11-18)28(24,25)22(3)15-20(23)21(2)14-16-6-8-17(26-4)9-7-16/h6-13H,5,14-15H2,1-4H3. The number of rotatable bonds is 9. The zero-order valence-electron chi connectivity index (χ0n) is 16.6. The van der Waals surface area contributed by atoms with Crippen LogP contribution < -0.4 is 9.47 Å². The molecule has 0 aromatic heterocycles. The molecule has 0 radical (unpaired) electrons. The number of hydrogen-bond donors (Lipinski definition) is 0. The highest BCUT2D eigenvalue weighted by Crippen LogP contribution is 2.19. The molecule has 152 valence electrons. The first-order chi connectivity index (χ1) is 13.3. The average molecular weight is 407 g/mol. The second-order valence-electron chi connectivity index (χ2n) is 6.26. The summed E-state index contributed by atoms with van der Waals surface area (Å²) in [6.45, 7) is 2.48. The zero-order valence-corrected chi connectivity index (χ0v) is 17.4. The monoisotopic (exact) mass is 406 g/mol. The minimum Gasteiger partial charge on any atom is -0.497 e. The van der Waals surface area contributed by atoms with Gasteiger partial charge in [-0.3, -0.25) is 4.79 Å². The summed E-state index contributed by atoms with van der Waals surface area (Å²) in [7, 11) is 0.858. The molecule has 0 aliphatic heterocycles. The van der Waals surface area contributed by atoms with Crippen molar-refractivity contribution in [3.8, 4) is 11.5 Å². The van der Waals surface area contributed by atoms with Crippen molar-refractivity contribution >= 4 is 15.9 Å². The molecule has 2 rings (SSSR count). The van der Waals surface area contributed by atoms with Gasteiger partial charge in [0.1, 0.15) is 11.5 Å². The molecule has 2 aromatic rings. The third kappa shape index (κ3) is 5.46. The number of benzene rings is 2. The topological polar surface area (TPSA) is 76.2 Å². The van der Waals surface area contributed by atoms with Crippen LogP contribution in [0.1, 0.15) is 12.5 Å². The Labute approximate surface area is 166 Å². The first-order valence-electron chi connectivity index (χ1n) is 8.84. The highest BCUT2D eigenvalue weighted by atomic mass is 32.2. The smallest absolute Gasteiger partial charge is 0.243 e. The minimum absolute atomic E-state index is 0.115. The maximum atomic E-state index is 12.7. The number of nitrogens with zero attached hydrogens (tertiary/aromatic N) is 2. The van der Waals surface area contributed by atoms with E-state index in [1.54, 1.807) is 26.3 Å². The summed E-state index contributed by atoms with van der Waals surface area (Å²) in [5.74, 6) is 1.03. The van der Waals surface area contributed by atoms with E-state index in [0.29, 0.717) is 18.9 Å². The van der Waals surface area contributed by atoms with Crippen LogP contribution in [0, 0.1) is 0 Å². The van der Waals surface area contributed by atoms with E-state index in [4.69, 9.17) is 9.47 Å². The highest BCUT2D eigenvalue weighted by molar-refractivity contribution is 7.89. The van der Waals surface area contributed by atoms with E-state index >= 15 is 0 Å². The highest BCUT2D eigenvalue weighted by Gasteiger charge is 2.24. The molecule has 0 aliphatic rings. The van der Waals surface area contributed by atoms with Crippen molar-refractivity contribution in [2.24, 2.45) is 0 Å². The number of carbonyl (C=O) groups excluding carboxylic acids is 1. The predicted molar refractivity (Wildman–Crippen MR) is 107 cm³/mol. The Kier molecular flexibility index (Phi) is 7.42. The van der Waals surface area contributed by atoms with Crippen LogP contribution in [0.2, 0.25) is 0 Å². The second kappa shape index (κ2) is 9.57. The number of sulfonamides is 1. The Balaban J connectivity index is 2.00. The van der Waals surface area contributed by atoms with E-state index in [1.165, 1.54) is 24.1 Å². The van der Waals surface area contributed by atoms with E-state index in [-0.39, 0.29) is 17.3 Å². The normalized spacial score (nSPS) is 11.3. The molecule has 0 unspecified atom stereocenters. The van der Waals surface area contributed by atoms with Crippen molar-refractivity contribution < 1.29 is 22.7 Å². The SMILES string of the molecule is CCOc1ccc(S(=O)(=O)N(C)CC(=O)N(C)Cc2ccc(OC)cc2)cc1. The molecule has 0 N–H and O–H groups in total. The lowest BCUT2D eigenvalue weighted by atomic mass is 10.2. The summed E-state index contributed by atoms with van der Waals surface area (Å²) in [6, 6.07) is 13.5. The van der Waals surface area contributed by atoms with Crippen molar-refractivity contribution in [3.63, 3.8) is 0 Å². The second-order valence-corrected chi connectivity index (χ2v) is 8.31. The van der Waals surface area contributed by atoms with E-state index < -0.39 is 10.0 Å². The third-order valence-corrected chi connectivity index (χ3v) is 6.02. The van der Waals surface area contributed by atoms with Crippen LogP contribution in [-0.2, 0) is 21.4 Å². The Morgan fingerprint density at radius 3 is 2.07 bits per heavy atom. The van der Waals surface area contributed by atoms with Crippen LogP contribution in [0.4, 0.5) is 0 Å². The number of ether oxygens (including phenoxy) is 2. The zero-order chi connectivity index (χ0) is 20.7. The Bertz CT molecular complexity index is 880. The molecular weight excluding hydrogens is 380 g/mol. The summed E-state index contributed by atoms with van der Waals surface area (Å²) in [4.78, 5) is 14.1. The van der Waals surface area contributed by atoms with Gasteiger partial charge in [0.2, 0.25) is 15.9 Å². The van der Waals surface area contributed by atoms with E-state index in [9.17, 15) is 13.2 Å². The molecule has 0 saturated carbocycles. The molecule has 8 heteroatoms. The molecule has 0 heterocycles. The van der Waals surface area contributed by atoms with Gasteiger partial charge in [0.05, 0.1) is 25.2 Å². The lowest BCUT2D eigenvalue weighted by molar-refractivity contribution is -0.130. The summed E-state index contributed by atoms with van der Waals surface area (Å²) < 4.78 is 36.9. The number of amides is 1. The van der Waals surface area contributed by atoms with Crippen LogP contribution in [0.3, 0.4) is 0 Å². The largest absolute Gasteiger partial charge is 0.497 e. The molecule has 0 fully saturated rings. The molecular formula is C20H26N2O5S. The van der Waals surface area contributed by atoms with Gasteiger partial charge < -0.3 is 14.4 Å². The first kappa shape index (κ1) is 21.7. The molecule has 0 aliphatic carbocycles. The predicted octanol–water partition coefficient (Wildman–Crippen LogP) is 2.37. The molecule has 0 atom stereocenters. The van der Waals surface area contributed by atoms with Gasteiger partial charge in [-0.2, -0.15) is 4.31 Å². The molecule has 7 nitrogen and oxygen atoms in total. The van der Waals surface area contributed by atoms with Gasteiger partial charge in [0.25, 0.3) is 0 Å². The maximum absolute atomic E-state index is 12.7. The van der Waals surface area contributed by atoms with Crippen LogP contribution in [0.15, 0.2) is 53.4 Å². The fourth-order valence-corrected chi connectivity index (χ4v) is 3.66. The number of hydrogen-bond acceptors (Lipinski definition) is 5. The molecule has 1 amide bonds. The van der Waals surface area contributed by atoms with Crippen molar-refractivity contribution in [2.75, 3.05) is 34.4 Å². The minimum atomic E-state index is -3.77. The average Bonchev–Trinajstić information content (AvgIpc) is 2.69.